The summed E-state index contributed by atoms with van der Waals surface area (Å²) in [4.78, 5) is 23.0. The van der Waals surface area contributed by atoms with Gasteiger partial charge in [0, 0.05) is 5.56 Å². The zero-order chi connectivity index (χ0) is 15.8. The van der Waals surface area contributed by atoms with Crippen molar-refractivity contribution in [3.8, 4) is 11.5 Å². The van der Waals surface area contributed by atoms with Crippen LogP contribution in [0.25, 0.3) is 0 Å². The summed E-state index contributed by atoms with van der Waals surface area (Å²) >= 11 is 0. The van der Waals surface area contributed by atoms with Crippen molar-refractivity contribution in [1.82, 2.24) is 5.32 Å². The number of rotatable bonds is 8. The van der Waals surface area contributed by atoms with Crippen LogP contribution in [0, 0.1) is 0 Å². The van der Waals surface area contributed by atoms with Crippen LogP contribution in [-0.2, 0) is 4.79 Å². The summed E-state index contributed by atoms with van der Waals surface area (Å²) in [5.74, 6) is -0.480. The average molecular weight is 295 g/mol. The number of amides is 1. The van der Waals surface area contributed by atoms with Crippen LogP contribution in [0.1, 0.15) is 37.6 Å². The van der Waals surface area contributed by atoms with Crippen molar-refractivity contribution >= 4 is 11.9 Å². The number of benzene rings is 1. The van der Waals surface area contributed by atoms with Gasteiger partial charge in [-0.2, -0.15) is 0 Å². The monoisotopic (exact) mass is 295 g/mol. The summed E-state index contributed by atoms with van der Waals surface area (Å²) in [6.45, 7) is 6.32. The smallest absolute Gasteiger partial charge is 0.326 e. The SMILES string of the molecule is CCOc1ccc(C(=O)N[C@H](CC)C(=O)O)cc1OCC. The average Bonchev–Trinajstić information content (AvgIpc) is 2.46. The predicted octanol–water partition coefficient (Wildman–Crippen LogP) is 2.08. The van der Waals surface area contributed by atoms with Gasteiger partial charge in [-0.15, -0.1) is 0 Å². The molecule has 1 rings (SSSR count). The van der Waals surface area contributed by atoms with E-state index < -0.39 is 17.9 Å². The van der Waals surface area contributed by atoms with Gasteiger partial charge in [-0.25, -0.2) is 4.79 Å². The molecule has 0 saturated carbocycles. The first-order valence-corrected chi connectivity index (χ1v) is 6.96. The second-order valence-corrected chi connectivity index (χ2v) is 4.30. The molecule has 0 unspecified atom stereocenters. The molecule has 0 aromatic heterocycles. The van der Waals surface area contributed by atoms with Gasteiger partial charge in [0.25, 0.3) is 5.91 Å². The standard InChI is InChI=1S/C15H21NO5/c1-4-11(15(18)19)16-14(17)10-7-8-12(20-5-2)13(9-10)21-6-3/h7-9,11H,4-6H2,1-3H3,(H,16,17)(H,18,19)/t11-/m1/s1. The summed E-state index contributed by atoms with van der Waals surface area (Å²) < 4.78 is 10.9. The van der Waals surface area contributed by atoms with Gasteiger partial charge in [0.2, 0.25) is 0 Å². The highest BCUT2D eigenvalue weighted by Gasteiger charge is 2.19. The highest BCUT2D eigenvalue weighted by atomic mass is 16.5. The van der Waals surface area contributed by atoms with Crippen LogP contribution in [0.3, 0.4) is 0 Å². The zero-order valence-corrected chi connectivity index (χ0v) is 12.5. The molecular weight excluding hydrogens is 274 g/mol. The maximum atomic E-state index is 12.1. The third-order valence-corrected chi connectivity index (χ3v) is 2.82. The highest BCUT2D eigenvalue weighted by molar-refractivity contribution is 5.97. The van der Waals surface area contributed by atoms with Crippen LogP contribution in [0.4, 0.5) is 0 Å². The molecule has 0 saturated heterocycles. The van der Waals surface area contributed by atoms with Crippen molar-refractivity contribution in [2.75, 3.05) is 13.2 Å². The van der Waals surface area contributed by atoms with Crippen molar-refractivity contribution in [3.05, 3.63) is 23.8 Å². The van der Waals surface area contributed by atoms with E-state index >= 15 is 0 Å². The number of carboxylic acids is 1. The Hall–Kier alpha value is -2.24. The van der Waals surface area contributed by atoms with E-state index in [1.54, 1.807) is 25.1 Å². The lowest BCUT2D eigenvalue weighted by Gasteiger charge is -2.14. The predicted molar refractivity (Wildman–Crippen MR) is 78.0 cm³/mol. The molecule has 0 fully saturated rings. The molecule has 1 aromatic rings. The second-order valence-electron chi connectivity index (χ2n) is 4.30. The lowest BCUT2D eigenvalue weighted by Crippen LogP contribution is -2.40. The number of ether oxygens (including phenoxy) is 2. The fourth-order valence-electron chi connectivity index (χ4n) is 1.77. The molecule has 1 atom stereocenters. The number of carboxylic acid groups (broad SMARTS) is 1. The molecule has 6 heteroatoms. The van der Waals surface area contributed by atoms with Crippen molar-refractivity contribution in [1.29, 1.82) is 0 Å². The summed E-state index contributed by atoms with van der Waals surface area (Å²) in [5.41, 5.74) is 0.335. The van der Waals surface area contributed by atoms with Gasteiger partial charge in [-0.3, -0.25) is 4.79 Å². The van der Waals surface area contributed by atoms with Crippen LogP contribution in [-0.4, -0.2) is 36.2 Å². The number of aliphatic carboxylic acids is 1. The molecule has 2 N–H and O–H groups in total. The van der Waals surface area contributed by atoms with E-state index in [9.17, 15) is 9.59 Å². The molecule has 0 radical (unpaired) electrons. The Bertz CT molecular complexity index is 501. The highest BCUT2D eigenvalue weighted by Crippen LogP contribution is 2.28. The Balaban J connectivity index is 2.94. The lowest BCUT2D eigenvalue weighted by atomic mass is 10.1. The maximum absolute atomic E-state index is 12.1. The molecule has 116 valence electrons. The summed E-state index contributed by atoms with van der Waals surface area (Å²) in [7, 11) is 0. The molecule has 1 amide bonds. The first-order valence-electron chi connectivity index (χ1n) is 6.96. The van der Waals surface area contributed by atoms with Crippen LogP contribution in [0.5, 0.6) is 11.5 Å². The molecule has 0 spiro atoms. The Labute approximate surface area is 124 Å². The number of carbonyl (C=O) groups excluding carboxylic acids is 1. The van der Waals surface area contributed by atoms with E-state index in [2.05, 4.69) is 5.32 Å². The molecule has 0 aliphatic rings. The van der Waals surface area contributed by atoms with Crippen LogP contribution < -0.4 is 14.8 Å². The quantitative estimate of drug-likeness (QED) is 0.767. The molecule has 6 nitrogen and oxygen atoms in total. The Kier molecular flexibility index (Phi) is 6.52. The number of carbonyl (C=O) groups is 2. The van der Waals surface area contributed by atoms with Gasteiger partial charge >= 0.3 is 5.97 Å². The first kappa shape index (κ1) is 16.8. The lowest BCUT2D eigenvalue weighted by molar-refractivity contribution is -0.139. The minimum Gasteiger partial charge on any atom is -0.490 e. The van der Waals surface area contributed by atoms with Crippen molar-refractivity contribution in [2.45, 2.75) is 33.2 Å². The van der Waals surface area contributed by atoms with Crippen LogP contribution in [0.2, 0.25) is 0 Å². The molecule has 0 heterocycles. The first-order chi connectivity index (χ1) is 10.0. The van der Waals surface area contributed by atoms with E-state index in [0.29, 0.717) is 36.7 Å². The van der Waals surface area contributed by atoms with Crippen molar-refractivity contribution in [3.63, 3.8) is 0 Å². The maximum Gasteiger partial charge on any atom is 0.326 e. The van der Waals surface area contributed by atoms with E-state index in [0.717, 1.165) is 0 Å². The molecule has 21 heavy (non-hydrogen) atoms. The van der Waals surface area contributed by atoms with E-state index in [1.807, 2.05) is 13.8 Å². The Morgan fingerprint density at radius 3 is 2.29 bits per heavy atom. The normalized spacial score (nSPS) is 11.6. The molecule has 0 aliphatic carbocycles. The van der Waals surface area contributed by atoms with Gasteiger partial charge in [0.05, 0.1) is 13.2 Å². The van der Waals surface area contributed by atoms with Gasteiger partial charge in [0.1, 0.15) is 6.04 Å². The largest absolute Gasteiger partial charge is 0.490 e. The Morgan fingerprint density at radius 1 is 1.14 bits per heavy atom. The molecule has 1 aromatic carbocycles. The molecule has 0 aliphatic heterocycles. The van der Waals surface area contributed by atoms with Crippen molar-refractivity contribution < 1.29 is 24.2 Å². The number of nitrogens with one attached hydrogen (secondary N) is 1. The van der Waals surface area contributed by atoms with E-state index in [1.165, 1.54) is 0 Å². The molecule has 0 bridgehead atoms. The molecular formula is C15H21NO5. The number of hydrogen-bond acceptors (Lipinski definition) is 4. The topological polar surface area (TPSA) is 84.9 Å². The summed E-state index contributed by atoms with van der Waals surface area (Å²) in [5, 5.41) is 11.4. The third kappa shape index (κ3) is 4.66. The van der Waals surface area contributed by atoms with E-state index in [4.69, 9.17) is 14.6 Å². The van der Waals surface area contributed by atoms with Gasteiger partial charge < -0.3 is 19.9 Å². The van der Waals surface area contributed by atoms with E-state index in [-0.39, 0.29) is 0 Å². The summed E-state index contributed by atoms with van der Waals surface area (Å²) in [6, 6.07) is 3.88. The summed E-state index contributed by atoms with van der Waals surface area (Å²) in [6.07, 6.45) is 0.316. The third-order valence-electron chi connectivity index (χ3n) is 2.82. The fraction of sp³-hybridized carbons (Fsp3) is 0.467. The van der Waals surface area contributed by atoms with Crippen LogP contribution >= 0.6 is 0 Å². The van der Waals surface area contributed by atoms with Gasteiger partial charge in [-0.05, 0) is 38.5 Å². The minimum atomic E-state index is -1.05. The van der Waals surface area contributed by atoms with Gasteiger partial charge in [-0.1, -0.05) is 6.92 Å². The second kappa shape index (κ2) is 8.14. The van der Waals surface area contributed by atoms with Gasteiger partial charge in [0.15, 0.2) is 11.5 Å². The fourth-order valence-corrected chi connectivity index (χ4v) is 1.77. The Morgan fingerprint density at radius 2 is 1.76 bits per heavy atom. The zero-order valence-electron chi connectivity index (χ0n) is 12.5. The van der Waals surface area contributed by atoms with Crippen LogP contribution in [0.15, 0.2) is 18.2 Å². The minimum absolute atomic E-state index is 0.316. The number of hydrogen-bond donors (Lipinski definition) is 2. The van der Waals surface area contributed by atoms with Crippen molar-refractivity contribution in [2.24, 2.45) is 0 Å².